The molecule has 45 heavy (non-hydrogen) atoms. The first-order valence-corrected chi connectivity index (χ1v) is 15.5. The number of aromatic nitrogens is 1. The minimum absolute atomic E-state index is 0. The van der Waals surface area contributed by atoms with Gasteiger partial charge in [-0.25, -0.2) is 8.78 Å². The Kier molecular flexibility index (Phi) is 12.6. The van der Waals surface area contributed by atoms with E-state index in [2.05, 4.69) is 0 Å². The fourth-order valence-electron chi connectivity index (χ4n) is 6.15. The van der Waals surface area contributed by atoms with E-state index in [0.29, 0.717) is 56.9 Å². The minimum Gasteiger partial charge on any atom is -0.488 e. The van der Waals surface area contributed by atoms with Crippen molar-refractivity contribution in [1.29, 1.82) is 0 Å². The van der Waals surface area contributed by atoms with Gasteiger partial charge in [-0.15, -0.1) is 12.4 Å². The molecular weight excluding hydrogens is 606 g/mol. The van der Waals surface area contributed by atoms with Crippen LogP contribution in [-0.2, 0) is 27.9 Å². The summed E-state index contributed by atoms with van der Waals surface area (Å²) >= 11 is 0. The number of ether oxygens (including phenoxy) is 3. The maximum Gasteiger partial charge on any atom is 0.274 e. The molecule has 0 bridgehead atoms. The van der Waals surface area contributed by atoms with Crippen LogP contribution in [0.3, 0.4) is 0 Å². The van der Waals surface area contributed by atoms with Crippen LogP contribution in [0.2, 0.25) is 0 Å². The lowest BCUT2D eigenvalue weighted by molar-refractivity contribution is -0.135. The maximum absolute atomic E-state index is 14.3. The van der Waals surface area contributed by atoms with Crippen LogP contribution in [0.4, 0.5) is 8.78 Å². The molecule has 12 heteroatoms. The smallest absolute Gasteiger partial charge is 0.274 e. The molecule has 0 unspecified atom stereocenters. The Labute approximate surface area is 269 Å². The third-order valence-electron chi connectivity index (χ3n) is 8.68. The summed E-state index contributed by atoms with van der Waals surface area (Å²) < 4.78 is 47.3. The number of halogens is 3. The summed E-state index contributed by atoms with van der Waals surface area (Å²) in [5.41, 5.74) is 7.96. The van der Waals surface area contributed by atoms with Gasteiger partial charge in [-0.2, -0.15) is 0 Å². The quantitative estimate of drug-likeness (QED) is 0.287. The normalized spacial score (nSPS) is 16.4. The highest BCUT2D eigenvalue weighted by Gasteiger charge is 2.34. The Morgan fingerprint density at radius 2 is 1.51 bits per heavy atom. The molecule has 2 fully saturated rings. The van der Waals surface area contributed by atoms with E-state index in [9.17, 15) is 18.4 Å². The number of amides is 2. The van der Waals surface area contributed by atoms with E-state index >= 15 is 0 Å². The molecule has 1 saturated heterocycles. The SMILES string of the molecule is Cl.Cn1c(C(=O)N2CCN(C(=O)[C@@H](N)C3CCCCC3)CC2)c(OCCOCCOCc2ccccc2)c2cc(F)c(F)cc21. The van der Waals surface area contributed by atoms with E-state index in [-0.39, 0.29) is 54.8 Å². The first kappa shape index (κ1) is 34.6. The highest BCUT2D eigenvalue weighted by Crippen LogP contribution is 2.35. The van der Waals surface area contributed by atoms with Crippen molar-refractivity contribution in [1.82, 2.24) is 14.4 Å². The summed E-state index contributed by atoms with van der Waals surface area (Å²) in [6.07, 6.45) is 5.35. The van der Waals surface area contributed by atoms with Crippen molar-refractivity contribution in [2.24, 2.45) is 18.7 Å². The van der Waals surface area contributed by atoms with Gasteiger partial charge in [0.05, 0.1) is 38.0 Å². The van der Waals surface area contributed by atoms with E-state index < -0.39 is 17.7 Å². The summed E-state index contributed by atoms with van der Waals surface area (Å²) in [5.74, 6) is -2.05. The molecular formula is C33H43ClF2N4O5. The van der Waals surface area contributed by atoms with Crippen molar-refractivity contribution in [2.45, 2.75) is 44.8 Å². The molecule has 2 aromatic carbocycles. The van der Waals surface area contributed by atoms with Gasteiger partial charge in [-0.05, 0) is 30.4 Å². The second-order valence-corrected chi connectivity index (χ2v) is 11.6. The van der Waals surface area contributed by atoms with Gasteiger partial charge in [0.1, 0.15) is 6.61 Å². The lowest BCUT2D eigenvalue weighted by Crippen LogP contribution is -2.56. The molecule has 5 rings (SSSR count). The number of aryl methyl sites for hydroxylation is 1. The Morgan fingerprint density at radius 3 is 2.22 bits per heavy atom. The first-order valence-electron chi connectivity index (χ1n) is 15.5. The van der Waals surface area contributed by atoms with Crippen molar-refractivity contribution < 1.29 is 32.6 Å². The summed E-state index contributed by atoms with van der Waals surface area (Å²) in [4.78, 5) is 30.3. The van der Waals surface area contributed by atoms with E-state index in [1.54, 1.807) is 16.8 Å². The fourth-order valence-corrected chi connectivity index (χ4v) is 6.15. The molecule has 1 saturated carbocycles. The molecule has 246 valence electrons. The van der Waals surface area contributed by atoms with Gasteiger partial charge in [-0.3, -0.25) is 9.59 Å². The molecule has 2 amide bonds. The topological polar surface area (TPSA) is 99.3 Å². The number of carbonyl (C=O) groups is 2. The predicted molar refractivity (Wildman–Crippen MR) is 170 cm³/mol. The van der Waals surface area contributed by atoms with Gasteiger partial charge >= 0.3 is 0 Å². The number of hydrogen-bond acceptors (Lipinski definition) is 6. The monoisotopic (exact) mass is 648 g/mol. The highest BCUT2D eigenvalue weighted by molar-refractivity contribution is 6.04. The number of fused-ring (bicyclic) bond motifs is 1. The van der Waals surface area contributed by atoms with Crippen molar-refractivity contribution in [2.75, 3.05) is 52.6 Å². The van der Waals surface area contributed by atoms with Crippen molar-refractivity contribution >= 4 is 35.1 Å². The first-order chi connectivity index (χ1) is 21.3. The van der Waals surface area contributed by atoms with E-state index in [1.165, 1.54) is 11.0 Å². The minimum atomic E-state index is -1.03. The predicted octanol–water partition coefficient (Wildman–Crippen LogP) is 4.68. The maximum atomic E-state index is 14.3. The van der Waals surface area contributed by atoms with E-state index in [1.807, 2.05) is 30.3 Å². The third-order valence-corrected chi connectivity index (χ3v) is 8.68. The Morgan fingerprint density at radius 1 is 0.889 bits per heavy atom. The van der Waals surface area contributed by atoms with Gasteiger partial charge in [0, 0.05) is 44.7 Å². The molecule has 3 aromatic rings. The molecule has 1 aliphatic carbocycles. The molecule has 9 nitrogen and oxygen atoms in total. The van der Waals surface area contributed by atoms with Crippen LogP contribution in [0.1, 0.15) is 48.2 Å². The molecule has 2 aliphatic rings. The number of piperazine rings is 1. The Bertz CT molecular complexity index is 1430. The molecule has 1 atom stereocenters. The molecule has 2 N–H and O–H groups in total. The third kappa shape index (κ3) is 8.32. The van der Waals surface area contributed by atoms with Crippen LogP contribution in [0.25, 0.3) is 10.9 Å². The van der Waals surface area contributed by atoms with Crippen LogP contribution in [0.15, 0.2) is 42.5 Å². The van der Waals surface area contributed by atoms with E-state index in [0.717, 1.165) is 43.4 Å². The molecule has 0 spiro atoms. The zero-order chi connectivity index (χ0) is 31.1. The number of rotatable bonds is 12. The number of hydrogen-bond donors (Lipinski definition) is 1. The second kappa shape index (κ2) is 16.4. The van der Waals surface area contributed by atoms with Crippen molar-refractivity contribution in [3.05, 3.63) is 65.4 Å². The molecule has 1 aromatic heterocycles. The summed E-state index contributed by atoms with van der Waals surface area (Å²) in [6, 6.07) is 11.4. The number of nitrogens with two attached hydrogens (primary N) is 1. The lowest BCUT2D eigenvalue weighted by Gasteiger charge is -2.37. The van der Waals surface area contributed by atoms with Gasteiger partial charge < -0.3 is 34.3 Å². The van der Waals surface area contributed by atoms with E-state index in [4.69, 9.17) is 19.9 Å². The molecule has 1 aliphatic heterocycles. The van der Waals surface area contributed by atoms with Crippen LogP contribution >= 0.6 is 12.4 Å². The summed E-state index contributed by atoms with van der Waals surface area (Å²) in [5, 5.41) is 0.299. The highest BCUT2D eigenvalue weighted by atomic mass is 35.5. The number of carbonyl (C=O) groups excluding carboxylic acids is 2. The Hall–Kier alpha value is -3.25. The average Bonchev–Trinajstić information content (AvgIpc) is 3.31. The molecule has 2 heterocycles. The average molecular weight is 649 g/mol. The van der Waals surface area contributed by atoms with Crippen LogP contribution in [0.5, 0.6) is 5.75 Å². The van der Waals surface area contributed by atoms with Gasteiger partial charge in [-0.1, -0.05) is 49.6 Å². The number of nitrogens with zero attached hydrogens (tertiary/aromatic N) is 3. The van der Waals surface area contributed by atoms with Crippen molar-refractivity contribution in [3.63, 3.8) is 0 Å². The summed E-state index contributed by atoms with van der Waals surface area (Å²) in [6.45, 7) is 2.92. The van der Waals surface area contributed by atoms with Crippen LogP contribution in [-0.4, -0.2) is 84.8 Å². The number of benzene rings is 2. The van der Waals surface area contributed by atoms with Gasteiger partial charge in [0.15, 0.2) is 23.1 Å². The van der Waals surface area contributed by atoms with Gasteiger partial charge in [0.2, 0.25) is 5.91 Å². The zero-order valence-corrected chi connectivity index (χ0v) is 26.5. The Balaban J connectivity index is 0.00000461. The molecule has 0 radical (unpaired) electrons. The van der Waals surface area contributed by atoms with Crippen LogP contribution < -0.4 is 10.5 Å². The lowest BCUT2D eigenvalue weighted by atomic mass is 9.83. The standard InChI is InChI=1S/C33H42F2N4O5.ClH/c1-37-28-21-27(35)26(34)20-25(28)31(44-19-18-42-16-17-43-22-23-8-4-2-5-9-23)30(37)33(41)39-14-12-38(13-15-39)32(40)29(36)24-10-6-3-7-11-24;/h2,4-5,8-9,20-21,24,29H,3,6-7,10-19,22,36H2,1H3;1H/t29-;/m0./s1. The van der Waals surface area contributed by atoms with Gasteiger partial charge in [0.25, 0.3) is 5.91 Å². The van der Waals surface area contributed by atoms with Crippen LogP contribution in [0, 0.1) is 17.6 Å². The zero-order valence-electron chi connectivity index (χ0n) is 25.7. The van der Waals surface area contributed by atoms with Crippen molar-refractivity contribution in [3.8, 4) is 5.75 Å². The fraction of sp³-hybridized carbons (Fsp3) is 0.515. The second-order valence-electron chi connectivity index (χ2n) is 11.6. The largest absolute Gasteiger partial charge is 0.488 e. The summed E-state index contributed by atoms with van der Waals surface area (Å²) in [7, 11) is 1.63.